The number of carbonyl (C=O) groups is 1. The average Bonchev–Trinajstić information content (AvgIpc) is 1.88. The highest BCUT2D eigenvalue weighted by Gasteiger charge is 2.07. The molecule has 0 saturated heterocycles. The molecule has 0 bridgehead atoms. The van der Waals surface area contributed by atoms with E-state index in [0.29, 0.717) is 0 Å². The first kappa shape index (κ1) is 6.67. The fourth-order valence-corrected chi connectivity index (χ4v) is 0.646. The number of carboxylic acid groups (broad SMARTS) is 1. The Hall–Kier alpha value is -1.45. The van der Waals surface area contributed by atoms with E-state index in [1.54, 1.807) is 24.3 Å². The number of hydrogen-bond acceptors (Lipinski definition) is 3. The van der Waals surface area contributed by atoms with Gasteiger partial charge in [0.05, 0.1) is 0 Å². The Balaban J connectivity index is 2.71. The monoisotopic (exact) mass is 140 g/mol. The van der Waals surface area contributed by atoms with Crippen molar-refractivity contribution in [1.29, 1.82) is 0 Å². The predicted octanol–water partition coefficient (Wildman–Crippen LogP) is -0.0814. The molecule has 0 atom stereocenters. The highest BCUT2D eigenvalue weighted by atomic mass is 16.4. The summed E-state index contributed by atoms with van der Waals surface area (Å²) in [4.78, 5) is 12.0. The van der Waals surface area contributed by atoms with Crippen molar-refractivity contribution in [2.24, 2.45) is 0 Å². The Morgan fingerprint density at radius 2 is 2.50 bits per heavy atom. The summed E-state index contributed by atoms with van der Waals surface area (Å²) in [5.74, 6) is -0.948. The summed E-state index contributed by atoms with van der Waals surface area (Å²) in [5.41, 5.74) is 0.185. The van der Waals surface area contributed by atoms with Crippen molar-refractivity contribution >= 4 is 5.97 Å². The van der Waals surface area contributed by atoms with Gasteiger partial charge in [-0.15, -0.1) is 0 Å². The molecular weight excluding hydrogens is 132 g/mol. The van der Waals surface area contributed by atoms with Crippen LogP contribution < -0.4 is 5.32 Å². The highest BCUT2D eigenvalue weighted by molar-refractivity contribution is 5.86. The van der Waals surface area contributed by atoms with Crippen LogP contribution in [0.2, 0.25) is 0 Å². The Morgan fingerprint density at radius 3 is 2.90 bits per heavy atom. The molecule has 4 heteroatoms. The second kappa shape index (κ2) is 2.43. The van der Waals surface area contributed by atoms with Gasteiger partial charge in [0.1, 0.15) is 5.70 Å². The van der Waals surface area contributed by atoms with E-state index in [4.69, 9.17) is 5.11 Å². The van der Waals surface area contributed by atoms with Crippen LogP contribution >= 0.6 is 0 Å². The van der Waals surface area contributed by atoms with Crippen molar-refractivity contribution in [3.63, 3.8) is 0 Å². The van der Waals surface area contributed by atoms with Gasteiger partial charge in [0.25, 0.3) is 0 Å². The molecule has 2 N–H and O–H groups in total. The average molecular weight is 140 g/mol. The van der Waals surface area contributed by atoms with Crippen molar-refractivity contribution in [2.45, 2.75) is 0 Å². The first-order valence-electron chi connectivity index (χ1n) is 2.80. The molecule has 0 unspecified atom stereocenters. The van der Waals surface area contributed by atoms with Crippen LogP contribution in [-0.4, -0.2) is 23.0 Å². The van der Waals surface area contributed by atoms with E-state index in [2.05, 4.69) is 5.32 Å². The van der Waals surface area contributed by atoms with Gasteiger partial charge in [0.2, 0.25) is 0 Å². The molecule has 0 saturated carbocycles. The lowest BCUT2D eigenvalue weighted by Crippen LogP contribution is -2.22. The second-order valence-corrected chi connectivity index (χ2v) is 1.97. The van der Waals surface area contributed by atoms with Crippen LogP contribution in [0.4, 0.5) is 0 Å². The minimum absolute atomic E-state index is 0.185. The number of carboxylic acids is 1. The van der Waals surface area contributed by atoms with E-state index in [1.165, 1.54) is 6.20 Å². The van der Waals surface area contributed by atoms with E-state index < -0.39 is 5.97 Å². The molecule has 0 aromatic rings. The Bertz CT molecular complexity index is 208. The van der Waals surface area contributed by atoms with Gasteiger partial charge in [-0.25, -0.2) is 4.79 Å². The molecule has 4 nitrogen and oxygen atoms in total. The lowest BCUT2D eigenvalue weighted by molar-refractivity contribution is -0.133. The molecule has 10 heavy (non-hydrogen) atoms. The zero-order chi connectivity index (χ0) is 7.56. The van der Waals surface area contributed by atoms with Crippen LogP contribution in [-0.2, 0) is 4.79 Å². The zero-order valence-corrected chi connectivity index (χ0v) is 5.53. The number of aliphatic carboxylic acids is 1. The summed E-state index contributed by atoms with van der Waals surface area (Å²) in [7, 11) is 1.76. The molecule has 1 rings (SSSR count). The smallest absolute Gasteiger partial charge is 0.353 e. The summed E-state index contributed by atoms with van der Waals surface area (Å²) in [6.45, 7) is 0. The molecule has 1 heterocycles. The Labute approximate surface area is 58.4 Å². The van der Waals surface area contributed by atoms with Crippen molar-refractivity contribution in [3.8, 4) is 0 Å². The normalized spacial score (nSPS) is 16.1. The van der Waals surface area contributed by atoms with Gasteiger partial charge in [-0.3, -0.25) is 0 Å². The van der Waals surface area contributed by atoms with Gasteiger partial charge >= 0.3 is 5.97 Å². The molecule has 54 valence electrons. The van der Waals surface area contributed by atoms with Gasteiger partial charge in [0.15, 0.2) is 0 Å². The van der Waals surface area contributed by atoms with Crippen LogP contribution in [0.25, 0.3) is 0 Å². The van der Waals surface area contributed by atoms with Gasteiger partial charge in [-0.1, -0.05) is 0 Å². The van der Waals surface area contributed by atoms with E-state index >= 15 is 0 Å². The largest absolute Gasteiger partial charge is 0.477 e. The predicted molar refractivity (Wildman–Crippen MR) is 35.8 cm³/mol. The maximum absolute atomic E-state index is 10.3. The van der Waals surface area contributed by atoms with Gasteiger partial charge in [0, 0.05) is 25.6 Å². The van der Waals surface area contributed by atoms with Gasteiger partial charge in [-0.2, -0.15) is 0 Å². The van der Waals surface area contributed by atoms with Crippen molar-refractivity contribution in [1.82, 2.24) is 10.2 Å². The summed E-state index contributed by atoms with van der Waals surface area (Å²) >= 11 is 0. The van der Waals surface area contributed by atoms with Gasteiger partial charge in [-0.05, 0) is 0 Å². The third-order valence-electron chi connectivity index (χ3n) is 1.11. The number of hydrogen-bond donors (Lipinski definition) is 2. The van der Waals surface area contributed by atoms with Gasteiger partial charge < -0.3 is 15.3 Å². The van der Waals surface area contributed by atoms with Crippen molar-refractivity contribution in [3.05, 3.63) is 24.3 Å². The first-order valence-corrected chi connectivity index (χ1v) is 2.80. The topological polar surface area (TPSA) is 52.6 Å². The van der Waals surface area contributed by atoms with Crippen molar-refractivity contribution < 1.29 is 9.90 Å². The van der Waals surface area contributed by atoms with Crippen LogP contribution in [0, 0.1) is 0 Å². The SMILES string of the molecule is CN1C=CNC(C(=O)O)=C1. The Morgan fingerprint density at radius 1 is 1.80 bits per heavy atom. The summed E-state index contributed by atoms with van der Waals surface area (Å²) in [6, 6.07) is 0. The molecule has 0 radical (unpaired) electrons. The quantitative estimate of drug-likeness (QED) is 0.534. The lowest BCUT2D eigenvalue weighted by Gasteiger charge is -2.14. The minimum Gasteiger partial charge on any atom is -0.477 e. The molecule has 0 aromatic carbocycles. The maximum Gasteiger partial charge on any atom is 0.353 e. The third-order valence-corrected chi connectivity index (χ3v) is 1.11. The molecule has 0 aliphatic carbocycles. The molecule has 1 aliphatic rings. The lowest BCUT2D eigenvalue weighted by atomic mass is 10.4. The third kappa shape index (κ3) is 1.28. The highest BCUT2D eigenvalue weighted by Crippen LogP contribution is 1.98. The maximum atomic E-state index is 10.3. The molecular formula is C6H8N2O2. The first-order chi connectivity index (χ1) is 4.70. The van der Waals surface area contributed by atoms with E-state index in [-0.39, 0.29) is 5.70 Å². The summed E-state index contributed by atoms with van der Waals surface area (Å²) in [5, 5.41) is 11.1. The van der Waals surface area contributed by atoms with Crippen LogP contribution in [0.15, 0.2) is 24.3 Å². The Kier molecular flexibility index (Phi) is 1.62. The molecule has 0 amide bonds. The van der Waals surface area contributed by atoms with E-state index in [0.717, 1.165) is 0 Å². The number of nitrogens with one attached hydrogen (secondary N) is 1. The second-order valence-electron chi connectivity index (χ2n) is 1.97. The summed E-state index contributed by atoms with van der Waals surface area (Å²) in [6.07, 6.45) is 4.80. The molecule has 0 spiro atoms. The molecule has 0 aromatic heterocycles. The van der Waals surface area contributed by atoms with Crippen LogP contribution in [0.3, 0.4) is 0 Å². The van der Waals surface area contributed by atoms with E-state index in [1.807, 2.05) is 0 Å². The standard InChI is InChI=1S/C6H8N2O2/c1-8-3-2-7-5(4-8)6(9)10/h2-4,7H,1H3,(H,9,10). The van der Waals surface area contributed by atoms with Crippen molar-refractivity contribution in [2.75, 3.05) is 7.05 Å². The molecule has 0 fully saturated rings. The fraction of sp³-hybridized carbons (Fsp3) is 0.167. The van der Waals surface area contributed by atoms with Crippen LogP contribution in [0.5, 0.6) is 0 Å². The fourth-order valence-electron chi connectivity index (χ4n) is 0.646. The zero-order valence-electron chi connectivity index (χ0n) is 5.53. The van der Waals surface area contributed by atoms with E-state index in [9.17, 15) is 4.79 Å². The summed E-state index contributed by atoms with van der Waals surface area (Å²) < 4.78 is 0. The minimum atomic E-state index is -0.948. The van der Waals surface area contributed by atoms with Crippen LogP contribution in [0.1, 0.15) is 0 Å². The number of rotatable bonds is 1. The number of nitrogens with zero attached hydrogens (tertiary/aromatic N) is 1. The molecule has 1 aliphatic heterocycles.